The quantitative estimate of drug-likeness (QED) is 0.814. The van der Waals surface area contributed by atoms with Crippen molar-refractivity contribution in [1.82, 2.24) is 0 Å². The van der Waals surface area contributed by atoms with Crippen LogP contribution >= 0.6 is 23.2 Å². The number of nitrogens with one attached hydrogen (secondary N) is 2. The number of halogens is 2. The molecule has 0 spiro atoms. The summed E-state index contributed by atoms with van der Waals surface area (Å²) >= 11 is 12.0. The molecular formula is C16H14Cl2N2O4S. The molecule has 3 rings (SSSR count). The first kappa shape index (κ1) is 17.8. The molecule has 1 aliphatic rings. The van der Waals surface area contributed by atoms with Crippen molar-refractivity contribution in [3.05, 3.63) is 46.4 Å². The SMILES string of the molecule is CCC1Oc2cc(S(=O)(=O)Nc3cccc(Cl)c3)c(Cl)cc2NC1=O. The third-order valence-corrected chi connectivity index (χ3v) is 5.67. The Labute approximate surface area is 155 Å². The highest BCUT2D eigenvalue weighted by Gasteiger charge is 2.29. The molecule has 1 heterocycles. The van der Waals surface area contributed by atoms with Gasteiger partial charge in [0, 0.05) is 11.1 Å². The Bertz CT molecular complexity index is 947. The molecule has 9 heteroatoms. The van der Waals surface area contributed by atoms with E-state index in [0.29, 0.717) is 22.8 Å². The van der Waals surface area contributed by atoms with Crippen LogP contribution in [0.2, 0.25) is 10.0 Å². The van der Waals surface area contributed by atoms with Crippen molar-refractivity contribution in [2.75, 3.05) is 10.0 Å². The van der Waals surface area contributed by atoms with E-state index >= 15 is 0 Å². The number of hydrogen-bond acceptors (Lipinski definition) is 4. The topological polar surface area (TPSA) is 84.5 Å². The minimum absolute atomic E-state index is 0.0351. The zero-order chi connectivity index (χ0) is 18.2. The van der Waals surface area contributed by atoms with Crippen molar-refractivity contribution in [1.29, 1.82) is 0 Å². The number of hydrogen-bond donors (Lipinski definition) is 2. The summed E-state index contributed by atoms with van der Waals surface area (Å²) in [5.41, 5.74) is 0.642. The Kier molecular flexibility index (Phi) is 4.81. The highest BCUT2D eigenvalue weighted by atomic mass is 35.5. The van der Waals surface area contributed by atoms with E-state index in [1.807, 2.05) is 0 Å². The lowest BCUT2D eigenvalue weighted by Gasteiger charge is -2.25. The van der Waals surface area contributed by atoms with Gasteiger partial charge in [-0.2, -0.15) is 0 Å². The molecule has 2 aromatic rings. The van der Waals surface area contributed by atoms with Crippen LogP contribution in [-0.2, 0) is 14.8 Å². The van der Waals surface area contributed by atoms with Crippen LogP contribution in [0.25, 0.3) is 0 Å². The number of benzene rings is 2. The van der Waals surface area contributed by atoms with Gasteiger partial charge in [-0.05, 0) is 30.7 Å². The van der Waals surface area contributed by atoms with Crippen LogP contribution in [-0.4, -0.2) is 20.4 Å². The smallest absolute Gasteiger partial charge is 0.265 e. The first-order valence-corrected chi connectivity index (χ1v) is 9.63. The first-order valence-electron chi connectivity index (χ1n) is 7.39. The second-order valence-corrected chi connectivity index (χ2v) is 7.89. The van der Waals surface area contributed by atoms with E-state index < -0.39 is 16.1 Å². The summed E-state index contributed by atoms with van der Waals surface area (Å²) in [5, 5.41) is 3.02. The minimum atomic E-state index is -3.97. The molecule has 6 nitrogen and oxygen atoms in total. The fourth-order valence-corrected chi connectivity index (χ4v) is 4.17. The molecule has 132 valence electrons. The number of amides is 1. The third-order valence-electron chi connectivity index (χ3n) is 3.59. The Morgan fingerprint density at radius 1 is 1.24 bits per heavy atom. The molecule has 1 unspecified atom stereocenters. The summed E-state index contributed by atoms with van der Waals surface area (Å²) in [5.74, 6) is -0.0407. The number of ether oxygens (including phenoxy) is 1. The number of carbonyl (C=O) groups excluding carboxylic acids is 1. The fraction of sp³-hybridized carbons (Fsp3) is 0.188. The molecule has 0 aromatic heterocycles. The van der Waals surface area contributed by atoms with Gasteiger partial charge in [-0.15, -0.1) is 0 Å². The van der Waals surface area contributed by atoms with Crippen LogP contribution < -0.4 is 14.8 Å². The summed E-state index contributed by atoms with van der Waals surface area (Å²) in [4.78, 5) is 11.7. The van der Waals surface area contributed by atoms with Gasteiger partial charge in [-0.3, -0.25) is 9.52 Å². The van der Waals surface area contributed by atoms with Crippen LogP contribution in [0, 0.1) is 0 Å². The molecule has 0 saturated carbocycles. The van der Waals surface area contributed by atoms with E-state index in [0.717, 1.165) is 0 Å². The molecule has 2 aromatic carbocycles. The predicted molar refractivity (Wildman–Crippen MR) is 97.0 cm³/mol. The molecule has 1 aliphatic heterocycles. The van der Waals surface area contributed by atoms with Gasteiger partial charge in [-0.25, -0.2) is 8.42 Å². The van der Waals surface area contributed by atoms with Gasteiger partial charge in [0.1, 0.15) is 10.6 Å². The van der Waals surface area contributed by atoms with Gasteiger partial charge in [0.2, 0.25) is 0 Å². The van der Waals surface area contributed by atoms with E-state index in [1.165, 1.54) is 18.2 Å². The average Bonchev–Trinajstić information content (AvgIpc) is 2.53. The van der Waals surface area contributed by atoms with Crippen molar-refractivity contribution in [3.8, 4) is 5.75 Å². The maximum Gasteiger partial charge on any atom is 0.265 e. The second kappa shape index (κ2) is 6.74. The summed E-state index contributed by atoms with van der Waals surface area (Å²) in [7, 11) is -3.97. The minimum Gasteiger partial charge on any atom is -0.478 e. The largest absolute Gasteiger partial charge is 0.478 e. The van der Waals surface area contributed by atoms with Crippen LogP contribution in [0.1, 0.15) is 13.3 Å². The number of anilines is 2. The lowest BCUT2D eigenvalue weighted by molar-refractivity contribution is -0.123. The molecule has 0 radical (unpaired) electrons. The number of carbonyl (C=O) groups is 1. The van der Waals surface area contributed by atoms with Crippen molar-refractivity contribution >= 4 is 50.5 Å². The summed E-state index contributed by atoms with van der Waals surface area (Å²) in [6.45, 7) is 1.80. The Morgan fingerprint density at radius 3 is 2.68 bits per heavy atom. The molecule has 1 atom stereocenters. The summed E-state index contributed by atoms with van der Waals surface area (Å²) in [6.07, 6.45) is -0.221. The van der Waals surface area contributed by atoms with Crippen molar-refractivity contribution in [3.63, 3.8) is 0 Å². The second-order valence-electron chi connectivity index (χ2n) is 5.40. The van der Waals surface area contributed by atoms with Gasteiger partial charge in [0.05, 0.1) is 16.4 Å². The molecule has 1 amide bonds. The van der Waals surface area contributed by atoms with E-state index in [9.17, 15) is 13.2 Å². The van der Waals surface area contributed by atoms with E-state index in [1.54, 1.807) is 25.1 Å². The highest BCUT2D eigenvalue weighted by molar-refractivity contribution is 7.92. The zero-order valence-electron chi connectivity index (χ0n) is 13.0. The normalized spacial score (nSPS) is 16.6. The van der Waals surface area contributed by atoms with Crippen LogP contribution in [0.4, 0.5) is 11.4 Å². The lowest BCUT2D eigenvalue weighted by Crippen LogP contribution is -2.36. The van der Waals surface area contributed by atoms with E-state index in [-0.39, 0.29) is 21.6 Å². The van der Waals surface area contributed by atoms with Crippen molar-refractivity contribution < 1.29 is 17.9 Å². The van der Waals surface area contributed by atoms with Gasteiger partial charge >= 0.3 is 0 Å². The predicted octanol–water partition coefficient (Wildman–Crippen LogP) is 3.90. The number of rotatable bonds is 4. The Morgan fingerprint density at radius 2 is 2.00 bits per heavy atom. The maximum atomic E-state index is 12.7. The average molecular weight is 401 g/mol. The fourth-order valence-electron chi connectivity index (χ4n) is 2.39. The monoisotopic (exact) mass is 400 g/mol. The molecular weight excluding hydrogens is 387 g/mol. The summed E-state index contributed by atoms with van der Waals surface area (Å²) < 4.78 is 33.3. The van der Waals surface area contributed by atoms with Crippen LogP contribution in [0.15, 0.2) is 41.3 Å². The lowest BCUT2D eigenvalue weighted by atomic mass is 10.2. The van der Waals surface area contributed by atoms with E-state index in [4.69, 9.17) is 27.9 Å². The van der Waals surface area contributed by atoms with Gasteiger partial charge in [-0.1, -0.05) is 36.2 Å². The van der Waals surface area contributed by atoms with Gasteiger partial charge in [0.25, 0.3) is 15.9 Å². The van der Waals surface area contributed by atoms with Crippen molar-refractivity contribution in [2.45, 2.75) is 24.3 Å². The Hall–Kier alpha value is -1.96. The number of fused-ring (bicyclic) bond motifs is 1. The molecule has 0 fully saturated rings. The van der Waals surface area contributed by atoms with E-state index in [2.05, 4.69) is 10.0 Å². The standard InChI is InChI=1S/C16H14Cl2N2O4S/c1-2-13-16(21)19-12-7-11(18)15(8-14(12)24-13)25(22,23)20-10-5-3-4-9(17)6-10/h3-8,13,20H,2H2,1H3,(H,19,21). The Balaban J connectivity index is 1.98. The van der Waals surface area contributed by atoms with Crippen LogP contribution in [0.3, 0.4) is 0 Å². The molecule has 0 bridgehead atoms. The van der Waals surface area contributed by atoms with Crippen molar-refractivity contribution in [2.24, 2.45) is 0 Å². The summed E-state index contributed by atoms with van der Waals surface area (Å²) in [6, 6.07) is 8.96. The molecule has 25 heavy (non-hydrogen) atoms. The molecule has 0 saturated heterocycles. The van der Waals surface area contributed by atoms with Gasteiger partial charge < -0.3 is 10.1 Å². The first-order chi connectivity index (χ1) is 11.8. The molecule has 0 aliphatic carbocycles. The van der Waals surface area contributed by atoms with Gasteiger partial charge in [0.15, 0.2) is 6.10 Å². The number of sulfonamides is 1. The van der Waals surface area contributed by atoms with Crippen LogP contribution in [0.5, 0.6) is 5.75 Å². The third kappa shape index (κ3) is 3.68. The maximum absolute atomic E-state index is 12.7. The highest BCUT2D eigenvalue weighted by Crippen LogP contribution is 2.37. The zero-order valence-corrected chi connectivity index (χ0v) is 15.4. The molecule has 2 N–H and O–H groups in total.